The first kappa shape index (κ1) is 16.7. The molecule has 1 aromatic carbocycles. The van der Waals surface area contributed by atoms with Crippen molar-refractivity contribution in [1.29, 1.82) is 0 Å². The molecule has 0 aliphatic rings. The summed E-state index contributed by atoms with van der Waals surface area (Å²) in [7, 11) is -3.74. The summed E-state index contributed by atoms with van der Waals surface area (Å²) in [5.74, 6) is 0. The van der Waals surface area contributed by atoms with Gasteiger partial charge in [-0.2, -0.15) is 5.10 Å². The van der Waals surface area contributed by atoms with Crippen molar-refractivity contribution >= 4 is 10.0 Å². The van der Waals surface area contributed by atoms with Crippen LogP contribution in [0.5, 0.6) is 0 Å². The zero-order chi connectivity index (χ0) is 16.3. The van der Waals surface area contributed by atoms with Crippen LogP contribution in [0.4, 0.5) is 0 Å². The highest BCUT2D eigenvalue weighted by Gasteiger charge is 2.24. The summed E-state index contributed by atoms with van der Waals surface area (Å²) in [5, 5.41) is 13.7. The number of aliphatic hydroxyl groups excluding tert-OH is 1. The summed E-state index contributed by atoms with van der Waals surface area (Å²) in [5.41, 5.74) is 1.15. The number of rotatable bonds is 6. The number of benzene rings is 1. The lowest BCUT2D eigenvalue weighted by Gasteiger charge is -2.08. The Morgan fingerprint density at radius 2 is 1.86 bits per heavy atom. The molecule has 0 spiro atoms. The first-order chi connectivity index (χ1) is 10.3. The van der Waals surface area contributed by atoms with Crippen LogP contribution in [0.2, 0.25) is 0 Å². The Balaban J connectivity index is 2.50. The standard InChI is InChI=1S/C15H21N3O3S/c1-11(2)18-10-14(22(20,21)16-9-12(3)19)15(17-18)13-7-5-4-6-8-13/h4-8,10-12,16,19H,9H2,1-3H3. The van der Waals surface area contributed by atoms with Gasteiger partial charge in [-0.05, 0) is 20.8 Å². The predicted octanol–water partition coefficient (Wildman–Crippen LogP) is 1.79. The second-order valence-electron chi connectivity index (χ2n) is 5.48. The van der Waals surface area contributed by atoms with Crippen molar-refractivity contribution in [1.82, 2.24) is 14.5 Å². The van der Waals surface area contributed by atoms with Gasteiger partial charge in [-0.3, -0.25) is 4.68 Å². The Kier molecular flexibility index (Phi) is 5.00. The lowest BCUT2D eigenvalue weighted by molar-refractivity contribution is 0.198. The van der Waals surface area contributed by atoms with Crippen molar-refractivity contribution in [3.05, 3.63) is 36.5 Å². The van der Waals surface area contributed by atoms with Gasteiger partial charge in [0.2, 0.25) is 10.0 Å². The largest absolute Gasteiger partial charge is 0.392 e. The van der Waals surface area contributed by atoms with E-state index >= 15 is 0 Å². The molecule has 0 aliphatic heterocycles. The molecule has 1 aromatic heterocycles. The van der Waals surface area contributed by atoms with Gasteiger partial charge in [0, 0.05) is 24.3 Å². The molecule has 0 saturated heterocycles. The maximum Gasteiger partial charge on any atom is 0.244 e. The number of hydrogen-bond acceptors (Lipinski definition) is 4. The Morgan fingerprint density at radius 3 is 2.41 bits per heavy atom. The zero-order valence-corrected chi connectivity index (χ0v) is 13.7. The van der Waals surface area contributed by atoms with Gasteiger partial charge < -0.3 is 5.11 Å². The number of aliphatic hydroxyl groups is 1. The lowest BCUT2D eigenvalue weighted by Crippen LogP contribution is -2.30. The van der Waals surface area contributed by atoms with Crippen molar-refractivity contribution < 1.29 is 13.5 Å². The maximum absolute atomic E-state index is 12.5. The number of nitrogens with one attached hydrogen (secondary N) is 1. The average molecular weight is 323 g/mol. The Labute approximate surface area is 130 Å². The van der Waals surface area contributed by atoms with Crippen molar-refractivity contribution in [3.63, 3.8) is 0 Å². The van der Waals surface area contributed by atoms with E-state index in [4.69, 9.17) is 0 Å². The highest BCUT2D eigenvalue weighted by molar-refractivity contribution is 7.89. The van der Waals surface area contributed by atoms with Crippen molar-refractivity contribution in [3.8, 4) is 11.3 Å². The Bertz CT molecular complexity index is 722. The van der Waals surface area contributed by atoms with Gasteiger partial charge in [-0.25, -0.2) is 13.1 Å². The molecule has 0 fully saturated rings. The van der Waals surface area contributed by atoms with Gasteiger partial charge in [0.25, 0.3) is 0 Å². The molecular formula is C15H21N3O3S. The average Bonchev–Trinajstić information content (AvgIpc) is 2.92. The van der Waals surface area contributed by atoms with Gasteiger partial charge in [0.15, 0.2) is 0 Å². The second-order valence-corrected chi connectivity index (χ2v) is 7.22. The molecule has 1 unspecified atom stereocenters. The van der Waals surface area contributed by atoms with E-state index in [1.54, 1.807) is 4.68 Å². The van der Waals surface area contributed by atoms with Gasteiger partial charge in [0.1, 0.15) is 10.6 Å². The molecule has 1 heterocycles. The second kappa shape index (κ2) is 6.60. The molecule has 0 aliphatic carbocycles. The quantitative estimate of drug-likeness (QED) is 0.849. The van der Waals surface area contributed by atoms with Gasteiger partial charge in [0.05, 0.1) is 6.10 Å². The highest BCUT2D eigenvalue weighted by Crippen LogP contribution is 2.26. The third-order valence-electron chi connectivity index (χ3n) is 3.13. The molecule has 22 heavy (non-hydrogen) atoms. The first-order valence-electron chi connectivity index (χ1n) is 7.13. The SMILES string of the molecule is CC(O)CNS(=O)(=O)c1cn(C(C)C)nc1-c1ccccc1. The van der Waals surface area contributed by atoms with E-state index in [9.17, 15) is 13.5 Å². The number of nitrogens with zero attached hydrogens (tertiary/aromatic N) is 2. The van der Waals surface area contributed by atoms with Crippen LogP contribution < -0.4 is 4.72 Å². The fourth-order valence-corrected chi connectivity index (χ4v) is 3.22. The molecule has 2 N–H and O–H groups in total. The van der Waals surface area contributed by atoms with Crippen molar-refractivity contribution in [2.45, 2.75) is 37.8 Å². The molecule has 2 aromatic rings. The van der Waals surface area contributed by atoms with Crippen molar-refractivity contribution in [2.24, 2.45) is 0 Å². The van der Waals surface area contributed by atoms with E-state index in [0.29, 0.717) is 5.69 Å². The van der Waals surface area contributed by atoms with E-state index in [-0.39, 0.29) is 17.5 Å². The van der Waals surface area contributed by atoms with Gasteiger partial charge >= 0.3 is 0 Å². The monoisotopic (exact) mass is 323 g/mol. The third-order valence-corrected chi connectivity index (χ3v) is 4.56. The topological polar surface area (TPSA) is 84.2 Å². The number of hydrogen-bond donors (Lipinski definition) is 2. The van der Waals surface area contributed by atoms with Crippen LogP contribution in [0.15, 0.2) is 41.4 Å². The summed E-state index contributed by atoms with van der Waals surface area (Å²) >= 11 is 0. The van der Waals surface area contributed by atoms with Gasteiger partial charge in [-0.15, -0.1) is 0 Å². The van der Waals surface area contributed by atoms with E-state index in [0.717, 1.165) is 5.56 Å². The summed E-state index contributed by atoms with van der Waals surface area (Å²) in [6.45, 7) is 5.35. The number of sulfonamides is 1. The van der Waals surface area contributed by atoms with Crippen molar-refractivity contribution in [2.75, 3.05) is 6.54 Å². The Hall–Kier alpha value is -1.70. The lowest BCUT2D eigenvalue weighted by atomic mass is 10.2. The molecule has 1 atom stereocenters. The molecular weight excluding hydrogens is 302 g/mol. The fourth-order valence-electron chi connectivity index (χ4n) is 1.94. The van der Waals surface area contributed by atoms with Crippen LogP contribution in [0.3, 0.4) is 0 Å². The van der Waals surface area contributed by atoms with E-state index in [1.165, 1.54) is 13.1 Å². The van der Waals surface area contributed by atoms with Crippen LogP contribution in [0.1, 0.15) is 26.8 Å². The molecule has 120 valence electrons. The van der Waals surface area contributed by atoms with Crippen LogP contribution in [-0.2, 0) is 10.0 Å². The zero-order valence-electron chi connectivity index (χ0n) is 12.9. The van der Waals surface area contributed by atoms with Crippen LogP contribution >= 0.6 is 0 Å². The van der Waals surface area contributed by atoms with Crippen LogP contribution in [0, 0.1) is 0 Å². The molecule has 0 bridgehead atoms. The predicted molar refractivity (Wildman–Crippen MR) is 84.9 cm³/mol. The molecule has 0 radical (unpaired) electrons. The highest BCUT2D eigenvalue weighted by atomic mass is 32.2. The molecule has 0 amide bonds. The summed E-state index contributed by atoms with van der Waals surface area (Å²) < 4.78 is 29.0. The molecule has 7 heteroatoms. The number of aromatic nitrogens is 2. The minimum atomic E-state index is -3.74. The normalized spacial score (nSPS) is 13.5. The Morgan fingerprint density at radius 1 is 1.23 bits per heavy atom. The summed E-state index contributed by atoms with van der Waals surface area (Å²) in [6.07, 6.45) is 0.771. The van der Waals surface area contributed by atoms with E-state index in [2.05, 4.69) is 9.82 Å². The van der Waals surface area contributed by atoms with Crippen LogP contribution in [-0.4, -0.2) is 36.0 Å². The smallest absolute Gasteiger partial charge is 0.244 e. The summed E-state index contributed by atoms with van der Waals surface area (Å²) in [6, 6.07) is 9.22. The first-order valence-corrected chi connectivity index (χ1v) is 8.62. The molecule has 0 saturated carbocycles. The molecule has 6 nitrogen and oxygen atoms in total. The minimum Gasteiger partial charge on any atom is -0.392 e. The minimum absolute atomic E-state index is 0.0383. The maximum atomic E-state index is 12.5. The van der Waals surface area contributed by atoms with Gasteiger partial charge in [-0.1, -0.05) is 30.3 Å². The fraction of sp³-hybridized carbons (Fsp3) is 0.400. The van der Waals surface area contributed by atoms with Crippen LogP contribution in [0.25, 0.3) is 11.3 Å². The third kappa shape index (κ3) is 3.73. The summed E-state index contributed by atoms with van der Waals surface area (Å²) in [4.78, 5) is 0.119. The van der Waals surface area contributed by atoms with E-state index < -0.39 is 16.1 Å². The molecule has 2 rings (SSSR count). The van der Waals surface area contributed by atoms with E-state index in [1.807, 2.05) is 44.2 Å².